The number of rotatable bonds is 4. The summed E-state index contributed by atoms with van der Waals surface area (Å²) in [5.74, 6) is 0.916. The maximum Gasteiger partial charge on any atom is 0.248 e. The summed E-state index contributed by atoms with van der Waals surface area (Å²) in [7, 11) is 0. The lowest BCUT2D eigenvalue weighted by molar-refractivity contribution is -0.111. The maximum atomic E-state index is 12.2. The van der Waals surface area contributed by atoms with E-state index in [2.05, 4.69) is 17.2 Å². The van der Waals surface area contributed by atoms with Crippen molar-refractivity contribution >= 4 is 28.8 Å². The molecule has 0 aliphatic heterocycles. The average molecular weight is 372 g/mol. The molecule has 0 spiro atoms. The fourth-order valence-electron chi connectivity index (χ4n) is 2.91. The Morgan fingerprint density at radius 3 is 2.64 bits per heavy atom. The van der Waals surface area contributed by atoms with Gasteiger partial charge in [0, 0.05) is 17.3 Å². The number of aromatic nitrogens is 1. The van der Waals surface area contributed by atoms with E-state index in [0.29, 0.717) is 17.3 Å². The fraction of sp³-hybridized carbons (Fsp3) is 0.130. The highest BCUT2D eigenvalue weighted by Gasteiger charge is 2.12. The number of anilines is 1. The summed E-state index contributed by atoms with van der Waals surface area (Å²) in [5, 5.41) is 2.90. The largest absolute Gasteiger partial charge is 0.465 e. The quantitative estimate of drug-likeness (QED) is 0.469. The van der Waals surface area contributed by atoms with Crippen LogP contribution in [0.2, 0.25) is 0 Å². The topological polar surface area (TPSA) is 68.3 Å². The van der Waals surface area contributed by atoms with Crippen molar-refractivity contribution in [1.29, 1.82) is 0 Å². The number of nitrogens with one attached hydrogen (secondary N) is 1. The number of amides is 1. The van der Waals surface area contributed by atoms with Gasteiger partial charge in [0.05, 0.1) is 6.26 Å². The normalized spacial score (nSPS) is 11.4. The van der Waals surface area contributed by atoms with Crippen LogP contribution in [0.3, 0.4) is 0 Å². The van der Waals surface area contributed by atoms with Crippen molar-refractivity contribution in [2.45, 2.75) is 20.8 Å². The number of carbonyl (C=O) groups is 1. The maximum absolute atomic E-state index is 12.2. The van der Waals surface area contributed by atoms with Gasteiger partial charge in [0.15, 0.2) is 5.58 Å². The molecule has 4 aromatic rings. The van der Waals surface area contributed by atoms with Crippen molar-refractivity contribution in [2.24, 2.45) is 0 Å². The molecule has 2 aromatic carbocycles. The molecular formula is C23H20N2O3. The summed E-state index contributed by atoms with van der Waals surface area (Å²) in [6.07, 6.45) is 4.63. The molecule has 2 heterocycles. The molecule has 1 N–H and O–H groups in total. The van der Waals surface area contributed by atoms with E-state index in [-0.39, 0.29) is 5.91 Å². The zero-order valence-electron chi connectivity index (χ0n) is 15.9. The van der Waals surface area contributed by atoms with Crippen LogP contribution in [0.1, 0.15) is 22.5 Å². The van der Waals surface area contributed by atoms with Gasteiger partial charge in [0.2, 0.25) is 11.8 Å². The van der Waals surface area contributed by atoms with Crippen molar-refractivity contribution in [1.82, 2.24) is 4.98 Å². The highest BCUT2D eigenvalue weighted by atomic mass is 16.3. The number of benzene rings is 2. The number of nitrogens with zero attached hydrogens (tertiary/aromatic N) is 1. The number of furan rings is 1. The van der Waals surface area contributed by atoms with E-state index in [9.17, 15) is 4.79 Å². The van der Waals surface area contributed by atoms with E-state index in [1.807, 2.05) is 44.2 Å². The Morgan fingerprint density at radius 1 is 1.04 bits per heavy atom. The summed E-state index contributed by atoms with van der Waals surface area (Å²) in [6.45, 7) is 6.04. The number of fused-ring (bicyclic) bond motifs is 1. The van der Waals surface area contributed by atoms with Gasteiger partial charge in [0.1, 0.15) is 11.3 Å². The number of hydrogen-bond donors (Lipinski definition) is 1. The van der Waals surface area contributed by atoms with Gasteiger partial charge in [-0.3, -0.25) is 4.79 Å². The van der Waals surface area contributed by atoms with Gasteiger partial charge >= 0.3 is 0 Å². The van der Waals surface area contributed by atoms with Crippen molar-refractivity contribution in [3.8, 4) is 11.5 Å². The minimum atomic E-state index is -0.236. The lowest BCUT2D eigenvalue weighted by Crippen LogP contribution is -2.09. The molecule has 28 heavy (non-hydrogen) atoms. The van der Waals surface area contributed by atoms with E-state index >= 15 is 0 Å². The van der Waals surface area contributed by atoms with Crippen molar-refractivity contribution in [2.75, 3.05) is 5.32 Å². The molecule has 1 amide bonds. The first kappa shape index (κ1) is 17.8. The van der Waals surface area contributed by atoms with Crippen molar-refractivity contribution < 1.29 is 13.6 Å². The number of carbonyl (C=O) groups excluding carboxylic acids is 1. The summed E-state index contributed by atoms with van der Waals surface area (Å²) >= 11 is 0. The second-order valence-corrected chi connectivity index (χ2v) is 6.79. The fourth-order valence-corrected chi connectivity index (χ4v) is 2.91. The zero-order chi connectivity index (χ0) is 19.7. The van der Waals surface area contributed by atoms with Crippen LogP contribution >= 0.6 is 0 Å². The number of aryl methyl sites for hydroxylation is 3. The first-order valence-electron chi connectivity index (χ1n) is 9.01. The van der Waals surface area contributed by atoms with Crippen molar-refractivity contribution in [3.63, 3.8) is 0 Å². The summed E-state index contributed by atoms with van der Waals surface area (Å²) in [5.41, 5.74) is 6.38. The Balaban J connectivity index is 1.61. The lowest BCUT2D eigenvalue weighted by atomic mass is 10.1. The molecule has 0 aliphatic rings. The van der Waals surface area contributed by atoms with E-state index in [4.69, 9.17) is 8.83 Å². The molecule has 0 atom stereocenters. The van der Waals surface area contributed by atoms with Gasteiger partial charge in [0.25, 0.3) is 0 Å². The van der Waals surface area contributed by atoms with Crippen LogP contribution in [0.5, 0.6) is 0 Å². The van der Waals surface area contributed by atoms with Crippen LogP contribution in [0, 0.1) is 20.8 Å². The zero-order valence-corrected chi connectivity index (χ0v) is 15.9. The minimum absolute atomic E-state index is 0.236. The van der Waals surface area contributed by atoms with Gasteiger partial charge in [-0.1, -0.05) is 6.07 Å². The second kappa shape index (κ2) is 7.19. The monoisotopic (exact) mass is 372 g/mol. The highest BCUT2D eigenvalue weighted by molar-refractivity contribution is 6.02. The summed E-state index contributed by atoms with van der Waals surface area (Å²) in [6, 6.07) is 13.3. The lowest BCUT2D eigenvalue weighted by Gasteiger charge is -2.07. The van der Waals surface area contributed by atoms with Crippen LogP contribution in [0.15, 0.2) is 63.6 Å². The molecular weight excluding hydrogens is 352 g/mol. The first-order valence-corrected chi connectivity index (χ1v) is 9.01. The Hall–Kier alpha value is -3.60. The van der Waals surface area contributed by atoms with Gasteiger partial charge in [-0.15, -0.1) is 0 Å². The summed E-state index contributed by atoms with van der Waals surface area (Å²) < 4.78 is 11.1. The molecule has 0 fully saturated rings. The molecule has 5 heteroatoms. The smallest absolute Gasteiger partial charge is 0.248 e. The van der Waals surface area contributed by atoms with Gasteiger partial charge in [-0.05, 0) is 79.9 Å². The van der Waals surface area contributed by atoms with Crippen LogP contribution in [0.25, 0.3) is 28.6 Å². The predicted molar refractivity (Wildman–Crippen MR) is 110 cm³/mol. The van der Waals surface area contributed by atoms with Crippen molar-refractivity contribution in [3.05, 3.63) is 77.3 Å². The second-order valence-electron chi connectivity index (χ2n) is 6.79. The van der Waals surface area contributed by atoms with Gasteiger partial charge < -0.3 is 14.2 Å². The molecule has 0 saturated heterocycles. The van der Waals surface area contributed by atoms with Crippen LogP contribution < -0.4 is 5.32 Å². The Labute approximate surface area is 162 Å². The molecule has 0 saturated carbocycles. The van der Waals surface area contributed by atoms with Gasteiger partial charge in [-0.25, -0.2) is 4.98 Å². The van der Waals surface area contributed by atoms with Crippen LogP contribution in [0.4, 0.5) is 5.69 Å². The van der Waals surface area contributed by atoms with E-state index in [1.54, 1.807) is 24.5 Å². The Morgan fingerprint density at radius 2 is 1.86 bits per heavy atom. The van der Waals surface area contributed by atoms with E-state index in [1.165, 1.54) is 11.6 Å². The molecule has 0 radical (unpaired) electrons. The Kier molecular flexibility index (Phi) is 4.57. The standard InChI is InChI=1S/C23H20N2O3/c1-14-6-7-17(23-25-20-11-15(2)16(3)12-21(20)28-23)13-19(14)24-22(26)9-8-18-5-4-10-27-18/h4-13H,1-3H3,(H,24,26)/b9-8+. The Bertz CT molecular complexity index is 1150. The molecule has 140 valence electrons. The average Bonchev–Trinajstić information content (AvgIpc) is 3.32. The van der Waals surface area contributed by atoms with Crippen LogP contribution in [-0.2, 0) is 4.79 Å². The van der Waals surface area contributed by atoms with Gasteiger partial charge in [-0.2, -0.15) is 0 Å². The first-order chi connectivity index (χ1) is 13.5. The number of hydrogen-bond acceptors (Lipinski definition) is 4. The minimum Gasteiger partial charge on any atom is -0.465 e. The van der Waals surface area contributed by atoms with Crippen LogP contribution in [-0.4, -0.2) is 10.9 Å². The molecule has 0 aliphatic carbocycles. The third kappa shape index (κ3) is 3.60. The molecule has 5 nitrogen and oxygen atoms in total. The predicted octanol–water partition coefficient (Wildman–Crippen LogP) is 5.66. The molecule has 0 bridgehead atoms. The molecule has 0 unspecified atom stereocenters. The van der Waals surface area contributed by atoms with E-state index in [0.717, 1.165) is 27.8 Å². The SMILES string of the molecule is Cc1cc2nc(-c3ccc(C)c(NC(=O)/C=C/c4ccco4)c3)oc2cc1C. The summed E-state index contributed by atoms with van der Waals surface area (Å²) in [4.78, 5) is 16.8. The molecule has 2 aromatic heterocycles. The number of oxazole rings is 1. The third-order valence-electron chi connectivity index (χ3n) is 4.69. The van der Waals surface area contributed by atoms with E-state index < -0.39 is 0 Å². The molecule has 4 rings (SSSR count). The third-order valence-corrected chi connectivity index (χ3v) is 4.69. The highest BCUT2D eigenvalue weighted by Crippen LogP contribution is 2.29.